The molecule has 1 saturated heterocycles. The minimum atomic E-state index is -0.149. The number of hydrogen-bond donors (Lipinski definition) is 2. The maximum Gasteiger partial charge on any atom is 0.225 e. The van der Waals surface area contributed by atoms with Gasteiger partial charge < -0.3 is 10.6 Å². The van der Waals surface area contributed by atoms with Crippen molar-refractivity contribution in [1.29, 1.82) is 0 Å². The van der Waals surface area contributed by atoms with Gasteiger partial charge in [0.2, 0.25) is 5.91 Å². The molecule has 4 nitrogen and oxygen atoms in total. The molecule has 0 spiro atoms. The lowest BCUT2D eigenvalue weighted by molar-refractivity contribution is -0.124. The van der Waals surface area contributed by atoms with Crippen molar-refractivity contribution in [2.45, 2.75) is 12.5 Å². The topological polar surface area (TPSA) is 54.0 Å². The van der Waals surface area contributed by atoms with Crippen LogP contribution in [0.25, 0.3) is 0 Å². The van der Waals surface area contributed by atoms with Crippen LogP contribution in [0.4, 0.5) is 0 Å². The SMILES string of the molecule is Cl.O=C(NC(c1ccccc1)c1nccs1)C1CCNC1. The first-order valence-electron chi connectivity index (χ1n) is 6.80. The van der Waals surface area contributed by atoms with Gasteiger partial charge in [-0.2, -0.15) is 0 Å². The van der Waals surface area contributed by atoms with E-state index in [1.807, 2.05) is 35.7 Å². The van der Waals surface area contributed by atoms with E-state index >= 15 is 0 Å². The fourth-order valence-electron chi connectivity index (χ4n) is 2.45. The molecule has 0 radical (unpaired) electrons. The van der Waals surface area contributed by atoms with E-state index in [9.17, 15) is 4.79 Å². The average molecular weight is 324 g/mol. The third-order valence-electron chi connectivity index (χ3n) is 3.55. The molecule has 0 aliphatic carbocycles. The smallest absolute Gasteiger partial charge is 0.225 e. The Morgan fingerprint density at radius 1 is 1.38 bits per heavy atom. The lowest BCUT2D eigenvalue weighted by Gasteiger charge is -2.19. The van der Waals surface area contributed by atoms with Gasteiger partial charge in [0.15, 0.2) is 0 Å². The van der Waals surface area contributed by atoms with Gasteiger partial charge in [-0.1, -0.05) is 30.3 Å². The summed E-state index contributed by atoms with van der Waals surface area (Å²) in [5.74, 6) is 0.181. The first kappa shape index (κ1) is 15.9. The molecule has 2 aromatic rings. The largest absolute Gasteiger partial charge is 0.342 e. The third-order valence-corrected chi connectivity index (χ3v) is 4.39. The number of rotatable bonds is 4. The van der Waals surface area contributed by atoms with Crippen LogP contribution in [0.2, 0.25) is 0 Å². The second-order valence-corrected chi connectivity index (χ2v) is 5.84. The molecule has 1 aromatic carbocycles. The first-order chi connectivity index (χ1) is 9.84. The highest BCUT2D eigenvalue weighted by Crippen LogP contribution is 2.24. The van der Waals surface area contributed by atoms with Gasteiger partial charge in [0, 0.05) is 18.1 Å². The van der Waals surface area contributed by atoms with Gasteiger partial charge in [-0.3, -0.25) is 4.79 Å². The predicted molar refractivity (Wildman–Crippen MR) is 86.8 cm³/mol. The Labute approximate surface area is 134 Å². The summed E-state index contributed by atoms with van der Waals surface area (Å²) in [4.78, 5) is 16.7. The van der Waals surface area contributed by atoms with E-state index < -0.39 is 0 Å². The lowest BCUT2D eigenvalue weighted by atomic mass is 10.0. The molecule has 1 fully saturated rings. The van der Waals surface area contributed by atoms with Crippen LogP contribution >= 0.6 is 23.7 Å². The summed E-state index contributed by atoms with van der Waals surface area (Å²) in [6.07, 6.45) is 2.68. The zero-order chi connectivity index (χ0) is 13.8. The molecule has 1 aliphatic heterocycles. The van der Waals surface area contributed by atoms with Crippen molar-refractivity contribution < 1.29 is 4.79 Å². The Morgan fingerprint density at radius 2 is 2.19 bits per heavy atom. The number of nitrogens with one attached hydrogen (secondary N) is 2. The van der Waals surface area contributed by atoms with Gasteiger partial charge in [-0.25, -0.2) is 4.98 Å². The van der Waals surface area contributed by atoms with Crippen molar-refractivity contribution in [2.24, 2.45) is 5.92 Å². The van der Waals surface area contributed by atoms with Gasteiger partial charge >= 0.3 is 0 Å². The summed E-state index contributed by atoms with van der Waals surface area (Å²) in [6.45, 7) is 1.69. The molecule has 21 heavy (non-hydrogen) atoms. The van der Waals surface area contributed by atoms with Gasteiger partial charge in [0.1, 0.15) is 11.0 Å². The molecular formula is C15H18ClN3OS. The van der Waals surface area contributed by atoms with Crippen LogP contribution < -0.4 is 10.6 Å². The number of benzene rings is 1. The summed E-state index contributed by atoms with van der Waals surface area (Å²) >= 11 is 1.57. The molecule has 1 amide bonds. The van der Waals surface area contributed by atoms with Gasteiger partial charge in [-0.15, -0.1) is 23.7 Å². The summed E-state index contributed by atoms with van der Waals surface area (Å²) in [7, 11) is 0. The van der Waals surface area contributed by atoms with Gasteiger partial charge in [0.25, 0.3) is 0 Å². The van der Waals surface area contributed by atoms with Crippen LogP contribution in [0.15, 0.2) is 41.9 Å². The Hall–Kier alpha value is -1.43. The highest BCUT2D eigenvalue weighted by atomic mass is 35.5. The van der Waals surface area contributed by atoms with Crippen molar-refractivity contribution in [3.05, 3.63) is 52.5 Å². The van der Waals surface area contributed by atoms with E-state index in [4.69, 9.17) is 0 Å². The van der Waals surface area contributed by atoms with E-state index in [-0.39, 0.29) is 30.3 Å². The average Bonchev–Trinajstić information content (AvgIpc) is 3.18. The van der Waals surface area contributed by atoms with E-state index in [0.717, 1.165) is 30.1 Å². The number of aromatic nitrogens is 1. The zero-order valence-corrected chi connectivity index (χ0v) is 13.1. The Kier molecular flexibility index (Phi) is 5.73. The second kappa shape index (κ2) is 7.54. The number of halogens is 1. The summed E-state index contributed by atoms with van der Waals surface area (Å²) in [6, 6.07) is 9.85. The molecule has 3 rings (SSSR count). The number of hydrogen-bond acceptors (Lipinski definition) is 4. The van der Waals surface area contributed by atoms with Crippen LogP contribution in [0.1, 0.15) is 23.0 Å². The maximum absolute atomic E-state index is 12.3. The molecule has 1 aliphatic rings. The number of amides is 1. The molecule has 2 atom stereocenters. The highest BCUT2D eigenvalue weighted by Gasteiger charge is 2.26. The van der Waals surface area contributed by atoms with E-state index in [1.54, 1.807) is 17.5 Å². The fourth-order valence-corrected chi connectivity index (χ4v) is 3.16. The molecule has 0 bridgehead atoms. The minimum Gasteiger partial charge on any atom is -0.342 e. The summed E-state index contributed by atoms with van der Waals surface area (Å²) < 4.78 is 0. The fraction of sp³-hybridized carbons (Fsp3) is 0.333. The van der Waals surface area contributed by atoms with Crippen LogP contribution in [-0.4, -0.2) is 24.0 Å². The Balaban J connectivity index is 0.00000161. The van der Waals surface area contributed by atoms with Crippen LogP contribution in [0.5, 0.6) is 0 Å². The van der Waals surface area contributed by atoms with Crippen molar-refractivity contribution in [3.8, 4) is 0 Å². The molecule has 0 saturated carbocycles. The monoisotopic (exact) mass is 323 g/mol. The van der Waals surface area contributed by atoms with Crippen LogP contribution in [0.3, 0.4) is 0 Å². The highest BCUT2D eigenvalue weighted by molar-refractivity contribution is 7.09. The van der Waals surface area contributed by atoms with Gasteiger partial charge in [0.05, 0.1) is 5.92 Å². The standard InChI is InChI=1S/C15H17N3OS.ClH/c19-14(12-6-7-16-10-12)18-13(15-17-8-9-20-15)11-4-2-1-3-5-11;/h1-5,8-9,12-13,16H,6-7,10H2,(H,18,19);1H. The Bertz CT molecular complexity index is 556. The number of carbonyl (C=O) groups excluding carboxylic acids is 1. The minimum absolute atomic E-state index is 0. The van der Waals surface area contributed by atoms with Crippen LogP contribution in [-0.2, 0) is 4.79 Å². The van der Waals surface area contributed by atoms with E-state index in [2.05, 4.69) is 15.6 Å². The quantitative estimate of drug-likeness (QED) is 0.908. The lowest BCUT2D eigenvalue weighted by Crippen LogP contribution is -2.35. The Morgan fingerprint density at radius 3 is 2.81 bits per heavy atom. The molecule has 2 unspecified atom stereocenters. The summed E-state index contributed by atoms with van der Waals surface area (Å²) in [5, 5.41) is 9.24. The van der Waals surface area contributed by atoms with Crippen molar-refractivity contribution >= 4 is 29.7 Å². The zero-order valence-electron chi connectivity index (χ0n) is 11.5. The number of nitrogens with zero attached hydrogens (tertiary/aromatic N) is 1. The van der Waals surface area contributed by atoms with E-state index in [1.165, 1.54) is 0 Å². The maximum atomic E-state index is 12.3. The normalized spacial score (nSPS) is 18.8. The van der Waals surface area contributed by atoms with E-state index in [0.29, 0.717) is 0 Å². The number of thiazole rings is 1. The second-order valence-electron chi connectivity index (χ2n) is 4.91. The molecule has 6 heteroatoms. The van der Waals surface area contributed by atoms with Crippen LogP contribution in [0, 0.1) is 5.92 Å². The summed E-state index contributed by atoms with van der Waals surface area (Å²) in [5.41, 5.74) is 1.07. The molecule has 2 N–H and O–H groups in total. The van der Waals surface area contributed by atoms with Gasteiger partial charge in [-0.05, 0) is 18.5 Å². The predicted octanol–water partition coefficient (Wildman–Crippen LogP) is 2.38. The molecule has 112 valence electrons. The number of carbonyl (C=O) groups is 1. The molecule has 1 aromatic heterocycles. The molecular weight excluding hydrogens is 306 g/mol. The molecule has 2 heterocycles. The third kappa shape index (κ3) is 3.81. The van der Waals surface area contributed by atoms with Crippen molar-refractivity contribution in [1.82, 2.24) is 15.6 Å². The first-order valence-corrected chi connectivity index (χ1v) is 7.68. The van der Waals surface area contributed by atoms with Crippen molar-refractivity contribution in [3.63, 3.8) is 0 Å². The van der Waals surface area contributed by atoms with Crippen molar-refractivity contribution in [2.75, 3.05) is 13.1 Å².